The number of benzene rings is 3. The van der Waals surface area contributed by atoms with E-state index in [4.69, 9.17) is 15.2 Å². The van der Waals surface area contributed by atoms with E-state index in [0.717, 1.165) is 15.6 Å². The Morgan fingerprint density at radius 2 is 1.78 bits per heavy atom. The molecule has 0 unspecified atom stereocenters. The van der Waals surface area contributed by atoms with E-state index in [1.54, 1.807) is 6.07 Å². The first kappa shape index (κ1) is 22.6. The fourth-order valence-electron chi connectivity index (χ4n) is 5.14. The van der Waals surface area contributed by atoms with Crippen LogP contribution in [0.5, 0.6) is 11.5 Å². The second-order valence-corrected chi connectivity index (χ2v) is 10.5. The number of carbonyl (C=O) groups is 2. The second-order valence-electron chi connectivity index (χ2n) is 9.45. The molecule has 7 heteroatoms. The lowest BCUT2D eigenvalue weighted by Gasteiger charge is -2.44. The second kappa shape index (κ2) is 8.99. The Kier molecular flexibility index (Phi) is 5.64. The van der Waals surface area contributed by atoms with Gasteiger partial charge >= 0.3 is 0 Å². The van der Waals surface area contributed by atoms with Crippen molar-refractivity contribution < 1.29 is 19.1 Å². The number of ether oxygens (including phenoxy) is 2. The fraction of sp³-hybridized carbons (Fsp3) is 0.241. The van der Waals surface area contributed by atoms with Crippen molar-refractivity contribution in [2.45, 2.75) is 31.5 Å². The van der Waals surface area contributed by atoms with Crippen LogP contribution in [0.1, 0.15) is 45.5 Å². The molecule has 36 heavy (non-hydrogen) atoms. The average Bonchev–Trinajstić information content (AvgIpc) is 3.23. The predicted octanol–water partition coefficient (Wildman–Crippen LogP) is 5.70. The number of likely N-dealkylation sites (tertiary alicyclic amines) is 1. The van der Waals surface area contributed by atoms with E-state index in [0.29, 0.717) is 66.6 Å². The number of hydrogen-bond acceptors (Lipinski definition) is 6. The van der Waals surface area contributed by atoms with Gasteiger partial charge in [0.15, 0.2) is 5.78 Å². The van der Waals surface area contributed by atoms with Crippen LogP contribution in [0, 0.1) is 0 Å². The molecule has 0 radical (unpaired) electrons. The number of amides is 1. The number of nitrogens with zero attached hydrogens (tertiary/aromatic N) is 1. The normalized spacial score (nSPS) is 16.6. The Morgan fingerprint density at radius 3 is 2.58 bits per heavy atom. The number of piperidine rings is 1. The van der Waals surface area contributed by atoms with Crippen LogP contribution in [0.2, 0.25) is 0 Å². The standard InChI is InChI=1S/C29H26N2O4S/c30-27-26(22-8-4-5-9-25(22)36-27)28(33)31-14-12-29(13-15-31)17-23(32)21-11-10-20(16-24(21)35-29)34-18-19-6-2-1-3-7-19/h1-11,16H,12-15,17-18,30H2. The van der Waals surface area contributed by atoms with E-state index in [1.165, 1.54) is 11.3 Å². The van der Waals surface area contributed by atoms with Gasteiger partial charge in [0.05, 0.1) is 22.5 Å². The summed E-state index contributed by atoms with van der Waals surface area (Å²) < 4.78 is 13.4. The predicted molar refractivity (Wildman–Crippen MR) is 141 cm³/mol. The molecule has 3 aromatic carbocycles. The van der Waals surface area contributed by atoms with Gasteiger partial charge in [-0.25, -0.2) is 0 Å². The summed E-state index contributed by atoms with van der Waals surface area (Å²) in [6, 6.07) is 23.2. The van der Waals surface area contributed by atoms with Crippen molar-refractivity contribution in [3.8, 4) is 11.5 Å². The highest BCUT2D eigenvalue weighted by molar-refractivity contribution is 7.23. The number of nitrogen functional groups attached to an aromatic ring is 1. The quantitative estimate of drug-likeness (QED) is 0.390. The molecule has 1 fully saturated rings. The molecule has 6 nitrogen and oxygen atoms in total. The number of fused-ring (bicyclic) bond motifs is 2. The maximum absolute atomic E-state index is 13.4. The maximum Gasteiger partial charge on any atom is 0.257 e. The number of hydrogen-bond donors (Lipinski definition) is 1. The molecule has 0 aliphatic carbocycles. The van der Waals surface area contributed by atoms with Gasteiger partial charge < -0.3 is 20.1 Å². The Balaban J connectivity index is 1.17. The van der Waals surface area contributed by atoms with Gasteiger partial charge in [-0.15, -0.1) is 11.3 Å². The van der Waals surface area contributed by atoms with Crippen LogP contribution < -0.4 is 15.2 Å². The highest BCUT2D eigenvalue weighted by Gasteiger charge is 2.44. The third-order valence-corrected chi connectivity index (χ3v) is 8.11. The zero-order valence-electron chi connectivity index (χ0n) is 19.7. The SMILES string of the molecule is Nc1sc2ccccc2c1C(=O)N1CCC2(CC1)CC(=O)c1ccc(OCc3ccccc3)cc1O2. The number of ketones is 1. The molecular formula is C29H26N2O4S. The summed E-state index contributed by atoms with van der Waals surface area (Å²) in [5.74, 6) is 1.23. The number of thiophene rings is 1. The molecule has 6 rings (SSSR count). The van der Waals surface area contributed by atoms with Crippen LogP contribution in [0.3, 0.4) is 0 Å². The van der Waals surface area contributed by atoms with E-state index in [1.807, 2.05) is 71.6 Å². The molecule has 1 aromatic heterocycles. The molecule has 2 N–H and O–H groups in total. The lowest BCUT2D eigenvalue weighted by atomic mass is 9.82. The molecule has 4 aromatic rings. The highest BCUT2D eigenvalue weighted by Crippen LogP contribution is 2.42. The van der Waals surface area contributed by atoms with Crippen molar-refractivity contribution in [3.05, 3.63) is 89.5 Å². The van der Waals surface area contributed by atoms with Crippen molar-refractivity contribution >= 4 is 38.1 Å². The molecule has 1 amide bonds. The van der Waals surface area contributed by atoms with Crippen LogP contribution in [-0.2, 0) is 6.61 Å². The lowest BCUT2D eigenvalue weighted by molar-refractivity contribution is -0.00576. The minimum absolute atomic E-state index is 0.0565. The smallest absolute Gasteiger partial charge is 0.257 e. The summed E-state index contributed by atoms with van der Waals surface area (Å²) >= 11 is 1.44. The van der Waals surface area contributed by atoms with E-state index >= 15 is 0 Å². The summed E-state index contributed by atoms with van der Waals surface area (Å²) in [5.41, 5.74) is 7.86. The van der Waals surface area contributed by atoms with Crippen LogP contribution in [-0.4, -0.2) is 35.3 Å². The minimum atomic E-state index is -0.610. The van der Waals surface area contributed by atoms with Crippen LogP contribution >= 0.6 is 11.3 Å². The first-order valence-corrected chi connectivity index (χ1v) is 12.9. The van der Waals surface area contributed by atoms with E-state index in [-0.39, 0.29) is 11.7 Å². The highest BCUT2D eigenvalue weighted by atomic mass is 32.1. The Labute approximate surface area is 213 Å². The molecule has 0 saturated carbocycles. The van der Waals surface area contributed by atoms with Crippen molar-refractivity contribution in [3.63, 3.8) is 0 Å². The topological polar surface area (TPSA) is 81.9 Å². The molecule has 182 valence electrons. The van der Waals surface area contributed by atoms with Gasteiger partial charge in [0.2, 0.25) is 0 Å². The van der Waals surface area contributed by atoms with Gasteiger partial charge in [-0.3, -0.25) is 9.59 Å². The van der Waals surface area contributed by atoms with Crippen molar-refractivity contribution in [1.82, 2.24) is 4.90 Å². The molecule has 0 atom stereocenters. The summed E-state index contributed by atoms with van der Waals surface area (Å²) in [5, 5.41) is 1.44. The number of nitrogens with two attached hydrogens (primary N) is 1. The summed E-state index contributed by atoms with van der Waals surface area (Å²) in [7, 11) is 0. The Hall–Kier alpha value is -3.84. The first-order valence-electron chi connectivity index (χ1n) is 12.1. The molecule has 1 saturated heterocycles. The van der Waals surface area contributed by atoms with Gasteiger partial charge in [0.1, 0.15) is 23.7 Å². The zero-order chi connectivity index (χ0) is 24.7. The largest absolute Gasteiger partial charge is 0.489 e. The lowest BCUT2D eigenvalue weighted by Crippen LogP contribution is -2.52. The van der Waals surface area contributed by atoms with Crippen LogP contribution in [0.15, 0.2) is 72.8 Å². The van der Waals surface area contributed by atoms with E-state index in [2.05, 4.69) is 0 Å². The Bertz CT molecular complexity index is 1450. The third kappa shape index (κ3) is 4.09. The molecule has 1 spiro atoms. The van der Waals surface area contributed by atoms with Crippen LogP contribution in [0.25, 0.3) is 10.1 Å². The Morgan fingerprint density at radius 1 is 1.03 bits per heavy atom. The monoisotopic (exact) mass is 498 g/mol. The van der Waals surface area contributed by atoms with Gasteiger partial charge in [-0.05, 0) is 23.8 Å². The van der Waals surface area contributed by atoms with E-state index < -0.39 is 5.60 Å². The van der Waals surface area contributed by atoms with Crippen molar-refractivity contribution in [2.75, 3.05) is 18.8 Å². The van der Waals surface area contributed by atoms with Gasteiger partial charge in [-0.1, -0.05) is 48.5 Å². The molecule has 2 aliphatic rings. The first-order chi connectivity index (χ1) is 17.5. The number of carbonyl (C=O) groups excluding carboxylic acids is 2. The maximum atomic E-state index is 13.4. The summed E-state index contributed by atoms with van der Waals surface area (Å²) in [6.45, 7) is 1.46. The molecular weight excluding hydrogens is 472 g/mol. The average molecular weight is 499 g/mol. The van der Waals surface area contributed by atoms with Gasteiger partial charge in [0, 0.05) is 42.1 Å². The molecule has 2 aliphatic heterocycles. The number of Topliss-reactive ketones (excluding diaryl/α,β-unsaturated/α-hetero) is 1. The zero-order valence-corrected chi connectivity index (χ0v) is 20.6. The van der Waals surface area contributed by atoms with Gasteiger partial charge in [-0.2, -0.15) is 0 Å². The molecule has 0 bridgehead atoms. The van der Waals surface area contributed by atoms with Crippen LogP contribution in [0.4, 0.5) is 5.00 Å². The number of anilines is 1. The number of rotatable bonds is 4. The minimum Gasteiger partial charge on any atom is -0.489 e. The fourth-order valence-corrected chi connectivity index (χ4v) is 6.11. The molecule has 3 heterocycles. The summed E-state index contributed by atoms with van der Waals surface area (Å²) in [4.78, 5) is 28.2. The van der Waals surface area contributed by atoms with Gasteiger partial charge in [0.25, 0.3) is 5.91 Å². The van der Waals surface area contributed by atoms with Crippen molar-refractivity contribution in [1.29, 1.82) is 0 Å². The van der Waals surface area contributed by atoms with Crippen molar-refractivity contribution in [2.24, 2.45) is 0 Å². The van der Waals surface area contributed by atoms with E-state index in [9.17, 15) is 9.59 Å². The third-order valence-electron chi connectivity index (χ3n) is 7.11. The summed E-state index contributed by atoms with van der Waals surface area (Å²) in [6.07, 6.45) is 1.48.